The molecular formula is C11H22N2O3S. The van der Waals surface area contributed by atoms with Gasteiger partial charge in [-0.25, -0.2) is 0 Å². The van der Waals surface area contributed by atoms with Crippen LogP contribution >= 0.6 is 11.8 Å². The van der Waals surface area contributed by atoms with E-state index in [1.165, 1.54) is 11.8 Å². The third-order valence-corrected chi connectivity index (χ3v) is 3.23. The van der Waals surface area contributed by atoms with Crippen molar-refractivity contribution in [2.24, 2.45) is 5.73 Å². The minimum Gasteiger partial charge on any atom is -0.480 e. The first-order chi connectivity index (χ1) is 8.02. The minimum atomic E-state index is -1.02. The monoisotopic (exact) mass is 262 g/mol. The first-order valence-electron chi connectivity index (χ1n) is 5.86. The van der Waals surface area contributed by atoms with E-state index in [1.807, 2.05) is 18.7 Å². The van der Waals surface area contributed by atoms with E-state index < -0.39 is 12.0 Å². The van der Waals surface area contributed by atoms with Gasteiger partial charge in [-0.05, 0) is 12.8 Å². The lowest BCUT2D eigenvalue weighted by Gasteiger charge is -2.21. The molecule has 0 saturated carbocycles. The fourth-order valence-corrected chi connectivity index (χ4v) is 2.21. The summed E-state index contributed by atoms with van der Waals surface area (Å²) in [6.45, 7) is 5.59. The number of amides is 1. The summed E-state index contributed by atoms with van der Waals surface area (Å²) in [6.07, 6.45) is 1.87. The standard InChI is InChI=1S/C11H22N2O3S/c1-3-5-13(6-4-2)10(14)8-17-7-9(12)11(15)16/h9H,3-8,12H2,1-2H3,(H,15,16). The van der Waals surface area contributed by atoms with Crippen LogP contribution < -0.4 is 5.73 Å². The van der Waals surface area contributed by atoms with E-state index in [1.54, 1.807) is 0 Å². The van der Waals surface area contributed by atoms with Gasteiger partial charge < -0.3 is 15.7 Å². The molecule has 0 bridgehead atoms. The van der Waals surface area contributed by atoms with Crippen LogP contribution in [-0.2, 0) is 9.59 Å². The van der Waals surface area contributed by atoms with Crippen LogP contribution in [0.4, 0.5) is 0 Å². The molecule has 6 heteroatoms. The van der Waals surface area contributed by atoms with Gasteiger partial charge in [0.05, 0.1) is 5.75 Å². The predicted octanol–water partition coefficient (Wildman–Crippen LogP) is 0.780. The lowest BCUT2D eigenvalue weighted by Crippen LogP contribution is -2.36. The molecule has 0 aromatic heterocycles. The number of rotatable bonds is 9. The largest absolute Gasteiger partial charge is 0.480 e. The summed E-state index contributed by atoms with van der Waals surface area (Å²) in [7, 11) is 0. The van der Waals surface area contributed by atoms with E-state index in [4.69, 9.17) is 10.8 Å². The second-order valence-corrected chi connectivity index (χ2v) is 4.87. The molecule has 0 aliphatic rings. The molecule has 3 N–H and O–H groups in total. The first kappa shape index (κ1) is 16.2. The maximum absolute atomic E-state index is 11.8. The van der Waals surface area contributed by atoms with Crippen LogP contribution in [0.3, 0.4) is 0 Å². The maximum Gasteiger partial charge on any atom is 0.321 e. The third-order valence-electron chi connectivity index (χ3n) is 2.18. The van der Waals surface area contributed by atoms with Crippen LogP contribution in [0, 0.1) is 0 Å². The summed E-state index contributed by atoms with van der Waals surface area (Å²) in [5.41, 5.74) is 5.35. The van der Waals surface area contributed by atoms with Crippen LogP contribution in [0.5, 0.6) is 0 Å². The maximum atomic E-state index is 11.8. The zero-order valence-electron chi connectivity index (χ0n) is 10.5. The van der Waals surface area contributed by atoms with Gasteiger partial charge in [0.25, 0.3) is 0 Å². The van der Waals surface area contributed by atoms with Gasteiger partial charge in [0.15, 0.2) is 0 Å². The number of hydrogen-bond donors (Lipinski definition) is 2. The molecule has 0 aliphatic carbocycles. The van der Waals surface area contributed by atoms with Gasteiger partial charge in [-0.1, -0.05) is 13.8 Å². The number of carbonyl (C=O) groups is 2. The zero-order chi connectivity index (χ0) is 13.3. The third kappa shape index (κ3) is 7.23. The van der Waals surface area contributed by atoms with E-state index in [9.17, 15) is 9.59 Å². The Bertz CT molecular complexity index is 243. The number of nitrogens with two attached hydrogens (primary N) is 1. The van der Waals surface area contributed by atoms with E-state index in [0.717, 1.165) is 25.9 Å². The lowest BCUT2D eigenvalue weighted by atomic mass is 10.3. The molecule has 0 saturated heterocycles. The number of aliphatic carboxylic acids is 1. The van der Waals surface area contributed by atoms with Crippen molar-refractivity contribution < 1.29 is 14.7 Å². The number of thioether (sulfide) groups is 1. The van der Waals surface area contributed by atoms with Crippen LogP contribution in [0.25, 0.3) is 0 Å². The summed E-state index contributed by atoms with van der Waals surface area (Å²) in [4.78, 5) is 24.1. The molecule has 0 spiro atoms. The van der Waals surface area contributed by atoms with Crippen molar-refractivity contribution in [1.82, 2.24) is 4.90 Å². The first-order valence-corrected chi connectivity index (χ1v) is 7.02. The van der Waals surface area contributed by atoms with Crippen molar-refractivity contribution in [1.29, 1.82) is 0 Å². The molecule has 0 heterocycles. The zero-order valence-corrected chi connectivity index (χ0v) is 11.3. The molecular weight excluding hydrogens is 240 g/mol. The summed E-state index contributed by atoms with van der Waals surface area (Å²) in [5.74, 6) is -0.381. The average molecular weight is 262 g/mol. The Hall–Kier alpha value is -0.750. The smallest absolute Gasteiger partial charge is 0.321 e. The lowest BCUT2D eigenvalue weighted by molar-refractivity contribution is -0.138. The van der Waals surface area contributed by atoms with Gasteiger partial charge in [-0.15, -0.1) is 11.8 Å². The van der Waals surface area contributed by atoms with E-state index in [2.05, 4.69) is 0 Å². The Morgan fingerprint density at radius 3 is 2.24 bits per heavy atom. The predicted molar refractivity (Wildman–Crippen MR) is 70.1 cm³/mol. The molecule has 0 aromatic carbocycles. The quantitative estimate of drug-likeness (QED) is 0.641. The van der Waals surface area contributed by atoms with Crippen LogP contribution in [0.2, 0.25) is 0 Å². The van der Waals surface area contributed by atoms with Crippen LogP contribution in [0.15, 0.2) is 0 Å². The Morgan fingerprint density at radius 2 is 1.82 bits per heavy atom. The highest BCUT2D eigenvalue weighted by Gasteiger charge is 2.15. The van der Waals surface area contributed by atoms with Crippen LogP contribution in [0.1, 0.15) is 26.7 Å². The molecule has 17 heavy (non-hydrogen) atoms. The summed E-state index contributed by atoms with van der Waals surface area (Å²) in [5, 5.41) is 8.59. The molecule has 100 valence electrons. The molecule has 5 nitrogen and oxygen atoms in total. The van der Waals surface area contributed by atoms with Gasteiger partial charge >= 0.3 is 5.97 Å². The van der Waals surface area contributed by atoms with Gasteiger partial charge in [-0.3, -0.25) is 9.59 Å². The van der Waals surface area contributed by atoms with E-state index in [0.29, 0.717) is 5.75 Å². The Morgan fingerprint density at radius 1 is 1.29 bits per heavy atom. The number of carboxylic acids is 1. The van der Waals surface area contributed by atoms with Crippen LogP contribution in [-0.4, -0.2) is 52.5 Å². The normalized spacial score (nSPS) is 12.2. The highest BCUT2D eigenvalue weighted by Crippen LogP contribution is 2.05. The Kier molecular flexibility index (Phi) is 8.89. The second-order valence-electron chi connectivity index (χ2n) is 3.84. The summed E-state index contributed by atoms with van der Waals surface area (Å²) in [6, 6.07) is -0.890. The number of carbonyl (C=O) groups excluding carboxylic acids is 1. The molecule has 0 fully saturated rings. The topological polar surface area (TPSA) is 83.6 Å². The summed E-state index contributed by atoms with van der Waals surface area (Å²) < 4.78 is 0. The van der Waals surface area contributed by atoms with Crippen molar-refractivity contribution in [3.63, 3.8) is 0 Å². The molecule has 1 unspecified atom stereocenters. The van der Waals surface area contributed by atoms with Crippen molar-refractivity contribution in [3.8, 4) is 0 Å². The van der Waals surface area contributed by atoms with Crippen molar-refractivity contribution >= 4 is 23.6 Å². The number of nitrogens with zero attached hydrogens (tertiary/aromatic N) is 1. The summed E-state index contributed by atoms with van der Waals surface area (Å²) >= 11 is 1.28. The number of carboxylic acid groups (broad SMARTS) is 1. The fourth-order valence-electron chi connectivity index (χ4n) is 1.34. The van der Waals surface area contributed by atoms with Crippen molar-refractivity contribution in [2.45, 2.75) is 32.7 Å². The average Bonchev–Trinajstić information content (AvgIpc) is 2.28. The number of hydrogen-bond acceptors (Lipinski definition) is 4. The highest BCUT2D eigenvalue weighted by atomic mass is 32.2. The van der Waals surface area contributed by atoms with Gasteiger partial charge in [0.1, 0.15) is 6.04 Å². The molecule has 0 radical (unpaired) electrons. The Balaban J connectivity index is 3.92. The highest BCUT2D eigenvalue weighted by molar-refractivity contribution is 8.00. The van der Waals surface area contributed by atoms with E-state index >= 15 is 0 Å². The second kappa shape index (κ2) is 9.30. The molecule has 1 amide bonds. The van der Waals surface area contributed by atoms with Gasteiger partial charge in [-0.2, -0.15) is 0 Å². The van der Waals surface area contributed by atoms with E-state index in [-0.39, 0.29) is 11.7 Å². The minimum absolute atomic E-state index is 0.0660. The van der Waals surface area contributed by atoms with Crippen molar-refractivity contribution in [3.05, 3.63) is 0 Å². The van der Waals surface area contributed by atoms with Gasteiger partial charge in [0.2, 0.25) is 5.91 Å². The van der Waals surface area contributed by atoms with Gasteiger partial charge in [0, 0.05) is 18.8 Å². The fraction of sp³-hybridized carbons (Fsp3) is 0.818. The Labute approximate surface area is 107 Å². The molecule has 0 aliphatic heterocycles. The molecule has 1 atom stereocenters. The molecule has 0 rings (SSSR count). The van der Waals surface area contributed by atoms with Crippen molar-refractivity contribution in [2.75, 3.05) is 24.6 Å². The molecule has 0 aromatic rings. The SMILES string of the molecule is CCCN(CCC)C(=O)CSCC(N)C(=O)O.